The standard InChI is InChI=1S/C22H22N2O7/c25-19(23-12-20(26)29-13-16-7-3-1-4-8-16)11-18-21(27)31-15-24(18)22(28)30-14-17-9-5-2-6-10-17/h1-10,18H,11-15H2,(H,23,25). The molecule has 1 unspecified atom stereocenters. The summed E-state index contributed by atoms with van der Waals surface area (Å²) in [5.41, 5.74) is 1.60. The number of nitrogens with zero attached hydrogens (tertiary/aromatic N) is 1. The van der Waals surface area contributed by atoms with Gasteiger partial charge in [0.15, 0.2) is 6.73 Å². The normalized spacial score (nSPS) is 15.2. The minimum atomic E-state index is -1.12. The molecule has 0 bridgehead atoms. The van der Waals surface area contributed by atoms with Crippen molar-refractivity contribution in [3.05, 3.63) is 71.8 Å². The van der Waals surface area contributed by atoms with Crippen LogP contribution in [-0.4, -0.2) is 48.2 Å². The van der Waals surface area contributed by atoms with Crippen LogP contribution in [0.15, 0.2) is 60.7 Å². The fraction of sp³-hybridized carbons (Fsp3) is 0.273. The van der Waals surface area contributed by atoms with Crippen LogP contribution >= 0.6 is 0 Å². The first kappa shape index (κ1) is 21.8. The molecule has 2 aromatic carbocycles. The molecule has 1 heterocycles. The van der Waals surface area contributed by atoms with Crippen molar-refractivity contribution in [1.29, 1.82) is 0 Å². The first-order chi connectivity index (χ1) is 15.0. The fourth-order valence-corrected chi connectivity index (χ4v) is 2.83. The molecule has 0 aromatic heterocycles. The van der Waals surface area contributed by atoms with Gasteiger partial charge in [-0.05, 0) is 11.1 Å². The van der Waals surface area contributed by atoms with Crippen molar-refractivity contribution >= 4 is 23.9 Å². The largest absolute Gasteiger partial charge is 0.460 e. The molecule has 1 aliphatic heterocycles. The van der Waals surface area contributed by atoms with E-state index in [4.69, 9.17) is 14.2 Å². The number of ether oxygens (including phenoxy) is 3. The van der Waals surface area contributed by atoms with E-state index in [1.165, 1.54) is 0 Å². The molecule has 9 heteroatoms. The number of hydrogen-bond acceptors (Lipinski definition) is 7. The lowest BCUT2D eigenvalue weighted by Gasteiger charge is -2.19. The average Bonchev–Trinajstić information content (AvgIpc) is 3.16. The van der Waals surface area contributed by atoms with Gasteiger partial charge in [0.1, 0.15) is 25.8 Å². The van der Waals surface area contributed by atoms with Crippen LogP contribution in [0.4, 0.5) is 4.79 Å². The van der Waals surface area contributed by atoms with Gasteiger partial charge in [0.2, 0.25) is 5.91 Å². The number of nitrogens with one attached hydrogen (secondary N) is 1. The van der Waals surface area contributed by atoms with Gasteiger partial charge in [-0.1, -0.05) is 60.7 Å². The Labute approximate surface area is 178 Å². The summed E-state index contributed by atoms with van der Waals surface area (Å²) in [6, 6.07) is 17.0. The number of benzene rings is 2. The molecular weight excluding hydrogens is 404 g/mol. The van der Waals surface area contributed by atoms with E-state index in [1.54, 1.807) is 12.1 Å². The molecule has 0 radical (unpaired) electrons. The van der Waals surface area contributed by atoms with E-state index in [1.807, 2.05) is 48.5 Å². The van der Waals surface area contributed by atoms with Crippen LogP contribution < -0.4 is 5.32 Å². The van der Waals surface area contributed by atoms with Gasteiger partial charge in [-0.25, -0.2) is 9.59 Å². The van der Waals surface area contributed by atoms with Crippen LogP contribution in [0.3, 0.4) is 0 Å². The van der Waals surface area contributed by atoms with Crippen LogP contribution in [0.1, 0.15) is 17.5 Å². The smallest absolute Gasteiger partial charge is 0.413 e. The van der Waals surface area contributed by atoms with Crippen molar-refractivity contribution in [2.75, 3.05) is 13.3 Å². The van der Waals surface area contributed by atoms with Crippen molar-refractivity contribution in [2.24, 2.45) is 0 Å². The van der Waals surface area contributed by atoms with Gasteiger partial charge >= 0.3 is 18.0 Å². The van der Waals surface area contributed by atoms with Gasteiger partial charge in [0.25, 0.3) is 0 Å². The Morgan fingerprint density at radius 1 is 0.935 bits per heavy atom. The molecule has 162 valence electrons. The van der Waals surface area contributed by atoms with E-state index in [9.17, 15) is 19.2 Å². The van der Waals surface area contributed by atoms with Crippen molar-refractivity contribution in [3.8, 4) is 0 Å². The van der Waals surface area contributed by atoms with E-state index in [0.29, 0.717) is 0 Å². The quantitative estimate of drug-likeness (QED) is 0.506. The highest BCUT2D eigenvalue weighted by Gasteiger charge is 2.40. The summed E-state index contributed by atoms with van der Waals surface area (Å²) < 4.78 is 15.1. The maximum atomic E-state index is 12.3. The molecule has 0 saturated carbocycles. The van der Waals surface area contributed by atoms with Gasteiger partial charge in [-0.3, -0.25) is 14.5 Å². The number of hydrogen-bond donors (Lipinski definition) is 1. The first-order valence-corrected chi connectivity index (χ1v) is 9.63. The van der Waals surface area contributed by atoms with E-state index < -0.39 is 30.0 Å². The summed E-state index contributed by atoms with van der Waals surface area (Å²) in [4.78, 5) is 49.3. The summed E-state index contributed by atoms with van der Waals surface area (Å²) in [7, 11) is 0. The number of carbonyl (C=O) groups excluding carboxylic acids is 4. The van der Waals surface area contributed by atoms with Crippen molar-refractivity contribution in [1.82, 2.24) is 10.2 Å². The predicted molar refractivity (Wildman–Crippen MR) is 107 cm³/mol. The Morgan fingerprint density at radius 3 is 2.13 bits per heavy atom. The molecule has 1 fully saturated rings. The maximum absolute atomic E-state index is 12.3. The summed E-state index contributed by atoms with van der Waals surface area (Å²) in [6.07, 6.45) is -1.12. The minimum Gasteiger partial charge on any atom is -0.460 e. The van der Waals surface area contributed by atoms with Crippen LogP contribution in [0.2, 0.25) is 0 Å². The Kier molecular flexibility index (Phi) is 7.58. The third-order valence-corrected chi connectivity index (χ3v) is 4.49. The second kappa shape index (κ2) is 10.8. The lowest BCUT2D eigenvalue weighted by atomic mass is 10.2. The van der Waals surface area contributed by atoms with E-state index in [2.05, 4.69) is 5.32 Å². The highest BCUT2D eigenvalue weighted by Crippen LogP contribution is 2.17. The third kappa shape index (κ3) is 6.56. The Morgan fingerprint density at radius 2 is 1.52 bits per heavy atom. The molecular formula is C22H22N2O7. The van der Waals surface area contributed by atoms with Gasteiger partial charge in [0, 0.05) is 0 Å². The molecule has 2 amide bonds. The highest BCUT2D eigenvalue weighted by molar-refractivity contribution is 5.90. The number of carbonyl (C=O) groups is 4. The van der Waals surface area contributed by atoms with Crippen LogP contribution in [-0.2, 0) is 41.8 Å². The van der Waals surface area contributed by atoms with Crippen LogP contribution in [0.25, 0.3) is 0 Å². The Balaban J connectivity index is 1.43. The van der Waals surface area contributed by atoms with Gasteiger partial charge < -0.3 is 19.5 Å². The van der Waals surface area contributed by atoms with Crippen molar-refractivity contribution < 1.29 is 33.4 Å². The second-order valence-corrected chi connectivity index (χ2v) is 6.75. The lowest BCUT2D eigenvalue weighted by Crippen LogP contribution is -2.42. The molecule has 1 atom stereocenters. The topological polar surface area (TPSA) is 111 Å². The van der Waals surface area contributed by atoms with Crippen LogP contribution in [0, 0.1) is 0 Å². The number of esters is 2. The zero-order valence-corrected chi connectivity index (χ0v) is 16.7. The zero-order valence-electron chi connectivity index (χ0n) is 16.7. The number of amides is 2. The summed E-state index contributed by atoms with van der Waals surface area (Å²) in [5, 5.41) is 2.38. The van der Waals surface area contributed by atoms with Crippen molar-refractivity contribution in [2.45, 2.75) is 25.7 Å². The molecule has 9 nitrogen and oxygen atoms in total. The van der Waals surface area contributed by atoms with E-state index >= 15 is 0 Å². The number of cyclic esters (lactones) is 1. The van der Waals surface area contributed by atoms with Gasteiger partial charge in [0.05, 0.1) is 6.42 Å². The maximum Gasteiger partial charge on any atom is 0.413 e. The van der Waals surface area contributed by atoms with Crippen molar-refractivity contribution in [3.63, 3.8) is 0 Å². The Hall–Kier alpha value is -3.88. The SMILES string of the molecule is O=C(CC1C(=O)OCN1C(=O)OCc1ccccc1)NCC(=O)OCc1ccccc1. The third-order valence-electron chi connectivity index (χ3n) is 4.49. The molecule has 0 aliphatic carbocycles. The van der Waals surface area contributed by atoms with E-state index in [0.717, 1.165) is 16.0 Å². The minimum absolute atomic E-state index is 0.0243. The fourth-order valence-electron chi connectivity index (χ4n) is 2.83. The summed E-state index contributed by atoms with van der Waals surface area (Å²) in [6.45, 7) is -0.544. The molecule has 1 aliphatic rings. The average molecular weight is 426 g/mol. The highest BCUT2D eigenvalue weighted by atomic mass is 16.6. The number of rotatable bonds is 8. The van der Waals surface area contributed by atoms with Gasteiger partial charge in [-0.15, -0.1) is 0 Å². The second-order valence-electron chi connectivity index (χ2n) is 6.75. The summed E-state index contributed by atoms with van der Waals surface area (Å²) in [5.74, 6) is -1.93. The molecule has 1 N–H and O–H groups in total. The Bertz CT molecular complexity index is 918. The summed E-state index contributed by atoms with van der Waals surface area (Å²) >= 11 is 0. The molecule has 31 heavy (non-hydrogen) atoms. The van der Waals surface area contributed by atoms with E-state index in [-0.39, 0.29) is 32.9 Å². The zero-order chi connectivity index (χ0) is 22.1. The lowest BCUT2D eigenvalue weighted by molar-refractivity contribution is -0.145. The molecule has 3 rings (SSSR count). The monoisotopic (exact) mass is 426 g/mol. The molecule has 1 saturated heterocycles. The predicted octanol–water partition coefficient (Wildman–Crippen LogP) is 1.76. The first-order valence-electron chi connectivity index (χ1n) is 9.63. The van der Waals surface area contributed by atoms with Gasteiger partial charge in [-0.2, -0.15) is 0 Å². The molecule has 0 spiro atoms. The molecule has 2 aromatic rings. The van der Waals surface area contributed by atoms with Crippen LogP contribution in [0.5, 0.6) is 0 Å².